The van der Waals surface area contributed by atoms with E-state index in [1.165, 1.54) is 26.0 Å². The number of aliphatic carboxylic acids is 1. The second-order valence-electron chi connectivity index (χ2n) is 9.21. The van der Waals surface area contributed by atoms with Gasteiger partial charge in [-0.05, 0) is 29.2 Å². The van der Waals surface area contributed by atoms with Gasteiger partial charge in [0.2, 0.25) is 15.9 Å². The highest BCUT2D eigenvalue weighted by Gasteiger charge is 2.53. The first-order valence-corrected chi connectivity index (χ1v) is 13.2. The summed E-state index contributed by atoms with van der Waals surface area (Å²) < 4.78 is 34.3. The number of benzene rings is 2. The van der Waals surface area contributed by atoms with Gasteiger partial charge in [0.15, 0.2) is 0 Å². The molecule has 2 aromatic carbocycles. The maximum absolute atomic E-state index is 14.0. The van der Waals surface area contributed by atoms with Gasteiger partial charge in [0.25, 0.3) is 0 Å². The summed E-state index contributed by atoms with van der Waals surface area (Å²) in [5, 5.41) is 43.2. The molecule has 0 spiro atoms. The van der Waals surface area contributed by atoms with Crippen molar-refractivity contribution >= 4 is 21.9 Å². The molecule has 0 unspecified atom stereocenters. The molecular weight excluding hydrogens is 504 g/mol. The lowest BCUT2D eigenvalue weighted by Gasteiger charge is -2.47. The lowest BCUT2D eigenvalue weighted by Crippen LogP contribution is -2.70. The number of carbonyl (C=O) groups is 2. The Hall–Kier alpha value is -2.87. The molecule has 5 N–H and O–H groups in total. The van der Waals surface area contributed by atoms with Crippen LogP contribution < -0.4 is 5.32 Å². The van der Waals surface area contributed by atoms with Gasteiger partial charge in [-0.25, -0.2) is 8.42 Å². The molecule has 0 bridgehead atoms. The third-order valence-corrected chi connectivity index (χ3v) is 8.07. The van der Waals surface area contributed by atoms with E-state index in [4.69, 9.17) is 4.74 Å². The summed E-state index contributed by atoms with van der Waals surface area (Å²) in [4.78, 5) is 24.0. The summed E-state index contributed by atoms with van der Waals surface area (Å²) in [6, 6.07) is 11.8. The maximum Gasteiger partial charge on any atom is 0.322 e. The van der Waals surface area contributed by atoms with E-state index in [0.717, 1.165) is 18.1 Å². The van der Waals surface area contributed by atoms with Crippen molar-refractivity contribution in [1.82, 2.24) is 9.62 Å². The first-order chi connectivity index (χ1) is 17.4. The van der Waals surface area contributed by atoms with Gasteiger partial charge < -0.3 is 30.5 Å². The summed E-state index contributed by atoms with van der Waals surface area (Å²) in [5.41, 5.74) is 1.58. The minimum Gasteiger partial charge on any atom is -0.480 e. The van der Waals surface area contributed by atoms with Crippen LogP contribution in [0, 0.1) is 5.92 Å². The molecule has 1 saturated heterocycles. The smallest absolute Gasteiger partial charge is 0.322 e. The minimum absolute atomic E-state index is 0.245. The van der Waals surface area contributed by atoms with Crippen LogP contribution in [0.1, 0.15) is 20.8 Å². The standard InChI is InChI=1S/C25H32N2O9S/c1-14(2)21(25(32)33)27(24-20(26-15(3)29)23(31)22(30)19(13-28)36-24)37(34,35)18-11-9-17(10-12-18)16-7-5-4-6-8-16/h4-12,14,19-24,28,30-31H,13H2,1-3H3,(H,26,29)(H,32,33)/t19-,20-,21-,22-,23-,24-/m1/s1. The Labute approximate surface area is 215 Å². The van der Waals surface area contributed by atoms with Gasteiger partial charge in [-0.15, -0.1) is 0 Å². The number of nitrogens with one attached hydrogen (secondary N) is 1. The number of aliphatic hydroxyl groups is 3. The quantitative estimate of drug-likeness (QED) is 0.304. The minimum atomic E-state index is -4.63. The van der Waals surface area contributed by atoms with Gasteiger partial charge in [0.05, 0.1) is 17.5 Å². The second kappa shape index (κ2) is 11.7. The van der Waals surface area contributed by atoms with Gasteiger partial charge in [-0.1, -0.05) is 56.3 Å². The van der Waals surface area contributed by atoms with E-state index in [2.05, 4.69) is 5.32 Å². The predicted molar refractivity (Wildman–Crippen MR) is 133 cm³/mol. The summed E-state index contributed by atoms with van der Waals surface area (Å²) in [6.07, 6.45) is -6.64. The average molecular weight is 537 g/mol. The van der Waals surface area contributed by atoms with Gasteiger partial charge in [0.1, 0.15) is 30.6 Å². The summed E-state index contributed by atoms with van der Waals surface area (Å²) >= 11 is 0. The zero-order valence-corrected chi connectivity index (χ0v) is 21.4. The number of nitrogens with zero attached hydrogens (tertiary/aromatic N) is 1. The number of sulfonamides is 1. The molecule has 1 aliphatic rings. The summed E-state index contributed by atoms with van der Waals surface area (Å²) in [6.45, 7) is 3.34. The number of aliphatic hydroxyl groups excluding tert-OH is 3. The fraction of sp³-hybridized carbons (Fsp3) is 0.440. The molecular formula is C25H32N2O9S. The third kappa shape index (κ3) is 6.00. The number of rotatable bonds is 9. The number of hydrogen-bond donors (Lipinski definition) is 5. The van der Waals surface area contributed by atoms with Crippen LogP contribution in [0.2, 0.25) is 0 Å². The van der Waals surface area contributed by atoms with Crippen molar-refractivity contribution in [3.8, 4) is 11.1 Å². The molecule has 1 amide bonds. The SMILES string of the molecule is CC(=O)N[C@@H]1[C@@H](O)[C@H](O)[C@@H](CO)O[C@H]1N([C@@H](C(=O)O)C(C)C)S(=O)(=O)c1ccc(-c2ccccc2)cc1. The Morgan fingerprint density at radius 2 is 1.57 bits per heavy atom. The Morgan fingerprint density at radius 1 is 1.00 bits per heavy atom. The molecule has 3 rings (SSSR count). The van der Waals surface area contributed by atoms with Crippen LogP contribution in [0.15, 0.2) is 59.5 Å². The van der Waals surface area contributed by atoms with Gasteiger partial charge in [0, 0.05) is 6.92 Å². The monoisotopic (exact) mass is 536 g/mol. The van der Waals surface area contributed by atoms with Crippen molar-refractivity contribution < 1.29 is 43.2 Å². The van der Waals surface area contributed by atoms with Crippen LogP contribution >= 0.6 is 0 Å². The third-order valence-electron chi connectivity index (χ3n) is 6.22. The van der Waals surface area contributed by atoms with Crippen LogP contribution in [-0.2, 0) is 24.3 Å². The normalized spacial score (nSPS) is 25.1. The first-order valence-electron chi connectivity index (χ1n) is 11.7. The lowest BCUT2D eigenvalue weighted by atomic mass is 9.94. The Morgan fingerprint density at radius 3 is 2.05 bits per heavy atom. The Kier molecular flexibility index (Phi) is 9.05. The maximum atomic E-state index is 14.0. The van der Waals surface area contributed by atoms with Crippen LogP contribution in [0.3, 0.4) is 0 Å². The molecule has 0 radical (unpaired) electrons. The summed E-state index contributed by atoms with van der Waals surface area (Å²) in [7, 11) is -4.63. The second-order valence-corrected chi connectivity index (χ2v) is 11.1. The topological polar surface area (TPSA) is 174 Å². The molecule has 1 heterocycles. The largest absolute Gasteiger partial charge is 0.480 e. The number of carbonyl (C=O) groups excluding carboxylic acids is 1. The molecule has 1 fully saturated rings. The van der Waals surface area contributed by atoms with Crippen LogP contribution in [-0.4, -0.2) is 88.3 Å². The number of hydrogen-bond acceptors (Lipinski definition) is 8. The highest BCUT2D eigenvalue weighted by molar-refractivity contribution is 7.89. The molecule has 0 aromatic heterocycles. The molecule has 0 saturated carbocycles. The number of carboxylic acid groups (broad SMARTS) is 1. The molecule has 37 heavy (non-hydrogen) atoms. The van der Waals surface area contributed by atoms with Crippen molar-refractivity contribution in [2.45, 2.75) is 62.3 Å². The molecule has 12 heteroatoms. The average Bonchev–Trinajstić information content (AvgIpc) is 2.85. The molecule has 0 aliphatic carbocycles. The molecule has 11 nitrogen and oxygen atoms in total. The number of ether oxygens (including phenoxy) is 1. The summed E-state index contributed by atoms with van der Waals surface area (Å²) in [5.74, 6) is -2.92. The highest BCUT2D eigenvalue weighted by Crippen LogP contribution is 2.33. The number of amides is 1. The van der Waals surface area contributed by atoms with Gasteiger partial charge in [-0.2, -0.15) is 4.31 Å². The van der Waals surface area contributed by atoms with E-state index < -0.39 is 71.0 Å². The predicted octanol–water partition coefficient (Wildman–Crippen LogP) is 0.397. The van der Waals surface area contributed by atoms with E-state index in [9.17, 15) is 38.4 Å². The van der Waals surface area contributed by atoms with E-state index in [0.29, 0.717) is 4.31 Å². The zero-order valence-electron chi connectivity index (χ0n) is 20.6. The zero-order chi connectivity index (χ0) is 27.5. The Balaban J connectivity index is 2.16. The van der Waals surface area contributed by atoms with Gasteiger partial charge >= 0.3 is 5.97 Å². The molecule has 202 valence electrons. The number of carboxylic acids is 1. The fourth-order valence-electron chi connectivity index (χ4n) is 4.41. The van der Waals surface area contributed by atoms with E-state index in [1.54, 1.807) is 12.1 Å². The van der Waals surface area contributed by atoms with Crippen LogP contribution in [0.25, 0.3) is 11.1 Å². The van der Waals surface area contributed by atoms with Crippen molar-refractivity contribution in [3.63, 3.8) is 0 Å². The van der Waals surface area contributed by atoms with Crippen LogP contribution in [0.4, 0.5) is 0 Å². The van der Waals surface area contributed by atoms with Gasteiger partial charge in [-0.3, -0.25) is 9.59 Å². The Bertz CT molecular complexity index is 1190. The van der Waals surface area contributed by atoms with Crippen molar-refractivity contribution in [2.75, 3.05) is 6.61 Å². The van der Waals surface area contributed by atoms with E-state index in [1.807, 2.05) is 30.3 Å². The lowest BCUT2D eigenvalue weighted by molar-refractivity contribution is -0.225. The fourth-order valence-corrected chi connectivity index (χ4v) is 6.22. The van der Waals surface area contributed by atoms with E-state index >= 15 is 0 Å². The molecule has 2 aromatic rings. The molecule has 1 aliphatic heterocycles. The van der Waals surface area contributed by atoms with Crippen molar-refractivity contribution in [2.24, 2.45) is 5.92 Å². The van der Waals surface area contributed by atoms with Crippen molar-refractivity contribution in [1.29, 1.82) is 0 Å². The first kappa shape index (κ1) is 28.7. The highest BCUT2D eigenvalue weighted by atomic mass is 32.2. The van der Waals surface area contributed by atoms with E-state index in [-0.39, 0.29) is 4.90 Å². The van der Waals surface area contributed by atoms with Crippen molar-refractivity contribution in [3.05, 3.63) is 54.6 Å². The molecule has 6 atom stereocenters. The van der Waals surface area contributed by atoms with Crippen LogP contribution in [0.5, 0.6) is 0 Å².